The van der Waals surface area contributed by atoms with Crippen LogP contribution in [0.1, 0.15) is 187 Å². The number of amides is 1. The molecule has 0 aliphatic heterocycles. The van der Waals surface area contributed by atoms with E-state index in [0.717, 1.165) is 38.5 Å². The minimum atomic E-state index is -4.30. The molecule has 0 radical (unpaired) electrons. The van der Waals surface area contributed by atoms with Gasteiger partial charge in [-0.25, -0.2) is 4.57 Å². The molecule has 0 aromatic heterocycles. The van der Waals surface area contributed by atoms with E-state index in [4.69, 9.17) is 9.05 Å². The molecule has 0 aromatic carbocycles. The first-order chi connectivity index (χ1) is 22.5. The number of phosphoric acid groups is 1. The highest BCUT2D eigenvalue weighted by Crippen LogP contribution is 2.43. The van der Waals surface area contributed by atoms with Gasteiger partial charge in [0, 0.05) is 6.42 Å². The summed E-state index contributed by atoms with van der Waals surface area (Å²) in [7, 11) is 1.62. The summed E-state index contributed by atoms with van der Waals surface area (Å²) >= 11 is 0. The quantitative estimate of drug-likeness (QED) is 0.0343. The van der Waals surface area contributed by atoms with Crippen LogP contribution < -0.4 is 5.32 Å². The van der Waals surface area contributed by atoms with Gasteiger partial charge in [-0.15, -0.1) is 0 Å². The molecule has 0 saturated carbocycles. The number of aliphatic hydroxyl groups excluding tert-OH is 1. The molecule has 8 nitrogen and oxygen atoms in total. The Kier molecular flexibility index (Phi) is 31.1. The van der Waals surface area contributed by atoms with Crippen LogP contribution in [0.15, 0.2) is 0 Å². The molecule has 47 heavy (non-hydrogen) atoms. The van der Waals surface area contributed by atoms with E-state index in [9.17, 15) is 19.4 Å². The zero-order valence-corrected chi connectivity index (χ0v) is 32.7. The monoisotopic (exact) mass is 692 g/mol. The summed E-state index contributed by atoms with van der Waals surface area (Å²) in [5, 5.41) is 13.8. The molecule has 282 valence electrons. The van der Waals surface area contributed by atoms with Crippen LogP contribution in [-0.4, -0.2) is 73.4 Å². The highest BCUT2D eigenvalue weighted by molar-refractivity contribution is 7.47. The summed E-state index contributed by atoms with van der Waals surface area (Å²) in [6, 6.07) is -0.750. The number of hydrogen-bond acceptors (Lipinski definition) is 5. The lowest BCUT2D eigenvalue weighted by atomic mass is 10.0. The molecule has 0 bridgehead atoms. The number of quaternary nitrogens is 1. The Morgan fingerprint density at radius 1 is 0.638 bits per heavy atom. The Hall–Kier alpha value is -0.500. The largest absolute Gasteiger partial charge is 0.472 e. The number of rotatable bonds is 36. The average molecular weight is 692 g/mol. The SMILES string of the molecule is CCCCCCCCCCCCCCCCCCC(=O)N[C@@H](COP(=O)(O)OCC[N+](C)(C)C)[C@H](O)CCCCCCCCCCC. The van der Waals surface area contributed by atoms with Gasteiger partial charge in [-0.05, 0) is 12.8 Å². The number of nitrogens with zero attached hydrogens (tertiary/aromatic N) is 1. The molecule has 3 atom stereocenters. The molecular weight excluding hydrogens is 611 g/mol. The molecule has 1 amide bonds. The molecular formula is C38H80N2O6P+. The summed E-state index contributed by atoms with van der Waals surface area (Å²) in [5.74, 6) is -0.145. The van der Waals surface area contributed by atoms with Gasteiger partial charge in [0.15, 0.2) is 0 Å². The zero-order chi connectivity index (χ0) is 35.1. The fourth-order valence-electron chi connectivity index (χ4n) is 5.87. The van der Waals surface area contributed by atoms with Gasteiger partial charge in [-0.1, -0.05) is 168 Å². The molecule has 0 spiro atoms. The van der Waals surface area contributed by atoms with Gasteiger partial charge in [-0.3, -0.25) is 13.8 Å². The number of unbranched alkanes of at least 4 members (excludes halogenated alkanes) is 23. The third-order valence-corrected chi connectivity index (χ3v) is 10.1. The number of carbonyl (C=O) groups is 1. The van der Waals surface area contributed by atoms with E-state index in [1.807, 2.05) is 21.1 Å². The molecule has 0 fully saturated rings. The molecule has 1 unspecified atom stereocenters. The predicted molar refractivity (Wildman–Crippen MR) is 199 cm³/mol. The molecule has 0 saturated heterocycles. The second-order valence-electron chi connectivity index (χ2n) is 15.0. The summed E-state index contributed by atoms with van der Waals surface area (Å²) in [6.07, 6.45) is 31.2. The Morgan fingerprint density at radius 3 is 1.43 bits per heavy atom. The fourth-order valence-corrected chi connectivity index (χ4v) is 6.60. The number of phosphoric ester groups is 1. The van der Waals surface area contributed by atoms with Gasteiger partial charge in [0.2, 0.25) is 5.91 Å². The molecule has 0 aromatic rings. The Morgan fingerprint density at radius 2 is 1.02 bits per heavy atom. The van der Waals surface area contributed by atoms with Crippen molar-refractivity contribution in [3.63, 3.8) is 0 Å². The van der Waals surface area contributed by atoms with Crippen molar-refractivity contribution < 1.29 is 32.9 Å². The van der Waals surface area contributed by atoms with Crippen molar-refractivity contribution in [2.24, 2.45) is 0 Å². The number of nitrogens with one attached hydrogen (secondary N) is 1. The Balaban J connectivity index is 4.34. The zero-order valence-electron chi connectivity index (χ0n) is 31.8. The van der Waals surface area contributed by atoms with Gasteiger partial charge in [0.25, 0.3) is 0 Å². The van der Waals surface area contributed by atoms with Crippen molar-refractivity contribution in [2.75, 3.05) is 40.9 Å². The third kappa shape index (κ3) is 33.8. The smallest absolute Gasteiger partial charge is 0.391 e. The summed E-state index contributed by atoms with van der Waals surface area (Å²) in [5.41, 5.74) is 0. The minimum Gasteiger partial charge on any atom is -0.391 e. The lowest BCUT2D eigenvalue weighted by molar-refractivity contribution is -0.870. The van der Waals surface area contributed by atoms with Gasteiger partial charge < -0.3 is 19.8 Å². The van der Waals surface area contributed by atoms with Crippen LogP contribution >= 0.6 is 7.82 Å². The molecule has 0 rings (SSSR count). The van der Waals surface area contributed by atoms with Crippen LogP contribution in [0.25, 0.3) is 0 Å². The van der Waals surface area contributed by atoms with Crippen molar-refractivity contribution in [1.29, 1.82) is 0 Å². The maximum atomic E-state index is 12.8. The van der Waals surface area contributed by atoms with Crippen LogP contribution in [0.2, 0.25) is 0 Å². The van der Waals surface area contributed by atoms with Gasteiger partial charge in [0.05, 0.1) is 39.9 Å². The van der Waals surface area contributed by atoms with E-state index in [1.54, 1.807) is 0 Å². The average Bonchev–Trinajstić information content (AvgIpc) is 3.01. The normalized spacial score (nSPS) is 14.6. The van der Waals surface area contributed by atoms with Crippen molar-refractivity contribution in [2.45, 2.75) is 199 Å². The molecule has 9 heteroatoms. The Labute approximate surface area is 291 Å². The van der Waals surface area contributed by atoms with Crippen LogP contribution in [0.4, 0.5) is 0 Å². The van der Waals surface area contributed by atoms with Gasteiger partial charge in [-0.2, -0.15) is 0 Å². The number of hydrogen-bond donors (Lipinski definition) is 3. The highest BCUT2D eigenvalue weighted by atomic mass is 31.2. The Bertz CT molecular complexity index is 748. The van der Waals surface area contributed by atoms with Gasteiger partial charge >= 0.3 is 7.82 Å². The maximum absolute atomic E-state index is 12.8. The van der Waals surface area contributed by atoms with Crippen molar-refractivity contribution in [3.8, 4) is 0 Å². The van der Waals surface area contributed by atoms with E-state index >= 15 is 0 Å². The van der Waals surface area contributed by atoms with Crippen LogP contribution in [-0.2, 0) is 18.4 Å². The standard InChI is InChI=1S/C38H79N2O6P/c1-6-8-10-12-14-16-17-18-19-20-21-22-24-26-28-30-32-38(42)39-36(35-46-47(43,44)45-34-33-40(3,4)5)37(41)31-29-27-25-23-15-13-11-9-7-2/h36-37,41H,6-35H2,1-5H3,(H-,39,42,43,44)/p+1/t36-,37+/m0/s1. The molecule has 0 heterocycles. The second kappa shape index (κ2) is 31.5. The number of carbonyl (C=O) groups excluding carboxylic acids is 1. The molecule has 0 aliphatic rings. The van der Waals surface area contributed by atoms with E-state index in [0.29, 0.717) is 23.9 Å². The minimum absolute atomic E-state index is 0.0779. The number of likely N-dealkylation sites (N-methyl/N-ethyl adjacent to an activating group) is 1. The second-order valence-corrected chi connectivity index (χ2v) is 16.5. The van der Waals surface area contributed by atoms with Crippen LogP contribution in [0.5, 0.6) is 0 Å². The molecule has 3 N–H and O–H groups in total. The summed E-state index contributed by atoms with van der Waals surface area (Å²) < 4.78 is 23.5. The first-order valence-corrected chi connectivity index (χ1v) is 21.4. The third-order valence-electron chi connectivity index (χ3n) is 9.11. The first kappa shape index (κ1) is 46.5. The number of aliphatic hydroxyl groups is 1. The first-order valence-electron chi connectivity index (χ1n) is 19.9. The topological polar surface area (TPSA) is 105 Å². The van der Waals surface area contributed by atoms with Crippen LogP contribution in [0.3, 0.4) is 0 Å². The lowest BCUT2D eigenvalue weighted by Gasteiger charge is -2.26. The van der Waals surface area contributed by atoms with Gasteiger partial charge in [0.1, 0.15) is 13.2 Å². The van der Waals surface area contributed by atoms with E-state index < -0.39 is 20.0 Å². The van der Waals surface area contributed by atoms with E-state index in [2.05, 4.69) is 19.2 Å². The van der Waals surface area contributed by atoms with E-state index in [-0.39, 0.29) is 19.1 Å². The predicted octanol–water partition coefficient (Wildman–Crippen LogP) is 10.2. The van der Waals surface area contributed by atoms with Crippen molar-refractivity contribution in [3.05, 3.63) is 0 Å². The molecule has 0 aliphatic carbocycles. The van der Waals surface area contributed by atoms with Crippen LogP contribution in [0, 0.1) is 0 Å². The fraction of sp³-hybridized carbons (Fsp3) is 0.974. The summed E-state index contributed by atoms with van der Waals surface area (Å²) in [4.78, 5) is 23.0. The van der Waals surface area contributed by atoms with E-state index in [1.165, 1.54) is 122 Å². The lowest BCUT2D eigenvalue weighted by Crippen LogP contribution is -2.46. The highest BCUT2D eigenvalue weighted by Gasteiger charge is 2.28. The maximum Gasteiger partial charge on any atom is 0.472 e. The van der Waals surface area contributed by atoms with Crippen molar-refractivity contribution >= 4 is 13.7 Å². The summed E-state index contributed by atoms with van der Waals surface area (Å²) in [6.45, 7) is 4.86. The van der Waals surface area contributed by atoms with Crippen molar-refractivity contribution in [1.82, 2.24) is 5.32 Å².